The maximum atomic E-state index is 5.91. The zero-order valence-electron chi connectivity index (χ0n) is 9.08. The molecule has 0 aliphatic carbocycles. The van der Waals surface area contributed by atoms with Crippen molar-refractivity contribution in [2.75, 3.05) is 14.2 Å². The first kappa shape index (κ1) is 18.1. The van der Waals surface area contributed by atoms with Crippen LogP contribution in [0, 0.1) is 0 Å². The van der Waals surface area contributed by atoms with Gasteiger partial charge in [0, 0.05) is 51.6 Å². The first-order valence-corrected chi connectivity index (χ1v) is 7.66. The summed E-state index contributed by atoms with van der Waals surface area (Å²) in [6.45, 7) is -2.82. The summed E-state index contributed by atoms with van der Waals surface area (Å²) < 4.78 is 15.3. The van der Waals surface area contributed by atoms with Gasteiger partial charge in [0.2, 0.25) is 0 Å². The molecule has 0 aliphatic rings. The van der Waals surface area contributed by atoms with Crippen molar-refractivity contribution < 1.29 is 33.0 Å². The minimum Gasteiger partial charge on any atom is -0.422 e. The molecular weight excluding hydrogens is 379 g/mol. The minimum atomic E-state index is -2.82. The van der Waals surface area contributed by atoms with Crippen molar-refractivity contribution in [2.24, 2.45) is 0 Å². The average molecular weight is 387 g/mol. The Morgan fingerprint density at radius 2 is 1.47 bits per heavy atom. The van der Waals surface area contributed by atoms with Crippen molar-refractivity contribution in [3.8, 4) is 5.75 Å². The van der Waals surface area contributed by atoms with Crippen molar-refractivity contribution in [3.63, 3.8) is 0 Å². The monoisotopic (exact) mass is 384 g/mol. The van der Waals surface area contributed by atoms with Gasteiger partial charge in [0.05, 0.1) is 15.1 Å². The second-order valence-electron chi connectivity index (χ2n) is 2.60. The SMILES string of the molecule is COP(=S)(OC)Oc1cc(Cl)c(Cl)cc1Cl.[Zn]. The quantitative estimate of drug-likeness (QED) is 0.431. The smallest absolute Gasteiger partial charge is 0.380 e. The summed E-state index contributed by atoms with van der Waals surface area (Å²) in [5, 5.41) is 0.940. The van der Waals surface area contributed by atoms with E-state index in [2.05, 4.69) is 0 Å². The van der Waals surface area contributed by atoms with Crippen LogP contribution in [-0.2, 0) is 40.3 Å². The van der Waals surface area contributed by atoms with E-state index in [1.54, 1.807) is 0 Å². The van der Waals surface area contributed by atoms with E-state index in [1.807, 2.05) is 0 Å². The van der Waals surface area contributed by atoms with Gasteiger partial charge >= 0.3 is 6.72 Å². The standard InChI is InChI=1S/C8H8Cl3O3PS.Zn/c1-12-15(16,13-2)14-8-4-6(10)5(9)3-7(8)11;/h3-4H,1-2H3;. The van der Waals surface area contributed by atoms with E-state index in [4.69, 9.17) is 60.2 Å². The predicted octanol–water partition coefficient (Wildman–Crippen LogP) is 4.54. The predicted molar refractivity (Wildman–Crippen MR) is 70.4 cm³/mol. The Morgan fingerprint density at radius 1 is 1.00 bits per heavy atom. The van der Waals surface area contributed by atoms with Crippen LogP contribution in [-0.4, -0.2) is 14.2 Å². The van der Waals surface area contributed by atoms with Crippen LogP contribution in [0.1, 0.15) is 0 Å². The number of hydrogen-bond acceptors (Lipinski definition) is 4. The second-order valence-corrected chi connectivity index (χ2v) is 6.97. The first-order chi connectivity index (χ1) is 7.41. The van der Waals surface area contributed by atoms with E-state index >= 15 is 0 Å². The molecule has 0 radical (unpaired) electrons. The topological polar surface area (TPSA) is 27.7 Å². The van der Waals surface area contributed by atoms with Crippen LogP contribution >= 0.6 is 41.5 Å². The fourth-order valence-corrected chi connectivity index (χ4v) is 2.40. The van der Waals surface area contributed by atoms with Gasteiger partial charge in [-0.1, -0.05) is 34.8 Å². The Hall–Kier alpha value is 1.08. The van der Waals surface area contributed by atoms with Gasteiger partial charge in [-0.25, -0.2) is 0 Å². The summed E-state index contributed by atoms with van der Waals surface area (Å²) in [5.74, 6) is 0.281. The van der Waals surface area contributed by atoms with Crippen molar-refractivity contribution in [1.82, 2.24) is 0 Å². The van der Waals surface area contributed by atoms with Crippen LogP contribution in [0.25, 0.3) is 0 Å². The molecule has 0 heterocycles. The third-order valence-corrected chi connectivity index (χ3v) is 5.08. The van der Waals surface area contributed by atoms with Crippen LogP contribution in [0.2, 0.25) is 15.1 Å². The van der Waals surface area contributed by atoms with Gasteiger partial charge < -0.3 is 13.6 Å². The minimum absolute atomic E-state index is 0. The van der Waals surface area contributed by atoms with Crippen LogP contribution in [0.5, 0.6) is 5.75 Å². The van der Waals surface area contributed by atoms with Crippen LogP contribution in [0.15, 0.2) is 12.1 Å². The fourth-order valence-electron chi connectivity index (χ4n) is 0.844. The summed E-state index contributed by atoms with van der Waals surface area (Å²) in [5.41, 5.74) is 0. The van der Waals surface area contributed by atoms with E-state index in [-0.39, 0.29) is 30.3 Å². The summed E-state index contributed by atoms with van der Waals surface area (Å²) in [4.78, 5) is 0. The largest absolute Gasteiger partial charge is 0.422 e. The van der Waals surface area contributed by atoms with E-state index < -0.39 is 6.72 Å². The third-order valence-electron chi connectivity index (χ3n) is 1.63. The van der Waals surface area contributed by atoms with Crippen LogP contribution < -0.4 is 4.52 Å². The molecule has 0 N–H and O–H groups in total. The summed E-state index contributed by atoms with van der Waals surface area (Å²) >= 11 is 22.5. The number of rotatable bonds is 4. The van der Waals surface area contributed by atoms with Gasteiger partial charge in [-0.2, -0.15) is 0 Å². The molecule has 17 heavy (non-hydrogen) atoms. The molecule has 92 valence electrons. The maximum Gasteiger partial charge on any atom is 0.380 e. The summed E-state index contributed by atoms with van der Waals surface area (Å²) in [6, 6.07) is 2.93. The Kier molecular flexibility index (Phi) is 8.10. The molecule has 1 rings (SSSR count). The van der Waals surface area contributed by atoms with Crippen molar-refractivity contribution in [2.45, 2.75) is 0 Å². The first-order valence-electron chi connectivity index (χ1n) is 3.97. The molecule has 0 atom stereocenters. The molecule has 0 aromatic heterocycles. The normalized spacial score (nSPS) is 10.9. The Labute approximate surface area is 133 Å². The van der Waals surface area contributed by atoms with Crippen LogP contribution in [0.3, 0.4) is 0 Å². The summed E-state index contributed by atoms with van der Waals surface area (Å²) in [7, 11) is 2.80. The van der Waals surface area contributed by atoms with Gasteiger partial charge in [-0.05, 0) is 6.07 Å². The van der Waals surface area contributed by atoms with Gasteiger partial charge in [0.25, 0.3) is 0 Å². The van der Waals surface area contributed by atoms with E-state index in [0.29, 0.717) is 10.0 Å². The number of halogens is 3. The maximum absolute atomic E-state index is 5.91. The summed E-state index contributed by atoms with van der Waals surface area (Å²) in [6.07, 6.45) is 0. The van der Waals surface area contributed by atoms with Crippen molar-refractivity contribution >= 4 is 53.3 Å². The molecule has 0 spiro atoms. The second kappa shape index (κ2) is 7.62. The van der Waals surface area contributed by atoms with Gasteiger partial charge in [-0.15, -0.1) is 0 Å². The molecule has 0 unspecified atom stereocenters. The molecule has 3 nitrogen and oxygen atoms in total. The molecule has 1 aromatic rings. The van der Waals surface area contributed by atoms with Crippen molar-refractivity contribution in [3.05, 3.63) is 27.2 Å². The molecule has 0 saturated heterocycles. The van der Waals surface area contributed by atoms with Gasteiger partial charge in [0.15, 0.2) is 0 Å². The molecule has 9 heteroatoms. The Morgan fingerprint density at radius 3 is 1.94 bits per heavy atom. The Bertz CT molecular complexity index is 438. The molecule has 0 aliphatic heterocycles. The molecule has 0 fully saturated rings. The van der Waals surface area contributed by atoms with Gasteiger partial charge in [-0.3, -0.25) is 0 Å². The van der Waals surface area contributed by atoms with E-state index in [1.165, 1.54) is 26.4 Å². The van der Waals surface area contributed by atoms with Crippen molar-refractivity contribution in [1.29, 1.82) is 0 Å². The third kappa shape index (κ3) is 4.93. The number of benzene rings is 1. The fraction of sp³-hybridized carbons (Fsp3) is 0.250. The molecule has 0 saturated carbocycles. The molecular formula is C8H8Cl3O3PSZn. The zero-order valence-corrected chi connectivity index (χ0v) is 16.0. The van der Waals surface area contributed by atoms with E-state index in [0.717, 1.165) is 0 Å². The average Bonchev–Trinajstić information content (AvgIpc) is 2.25. The molecule has 1 aromatic carbocycles. The van der Waals surface area contributed by atoms with E-state index in [9.17, 15) is 0 Å². The molecule has 0 amide bonds. The Balaban J connectivity index is 0.00000256. The molecule has 0 bridgehead atoms. The zero-order chi connectivity index (χ0) is 12.3. The van der Waals surface area contributed by atoms with Crippen LogP contribution in [0.4, 0.5) is 0 Å². The number of hydrogen-bond donors (Lipinski definition) is 0. The van der Waals surface area contributed by atoms with Gasteiger partial charge in [0.1, 0.15) is 5.75 Å².